The number of nitrogens with zero attached hydrogens (tertiary/aromatic N) is 1. The number of hydrogen-bond donors (Lipinski definition) is 1. The van der Waals surface area contributed by atoms with Gasteiger partial charge in [0, 0.05) is 17.8 Å². The number of hydrogen-bond acceptors (Lipinski definition) is 2. The third-order valence-electron chi connectivity index (χ3n) is 2.79. The molecule has 0 aliphatic heterocycles. The first-order valence-electron chi connectivity index (χ1n) is 4.89. The molecule has 0 aromatic carbocycles. The number of aromatic nitrogens is 1. The van der Waals surface area contributed by atoms with Crippen molar-refractivity contribution in [1.29, 1.82) is 0 Å². The van der Waals surface area contributed by atoms with Gasteiger partial charge < -0.3 is 5.73 Å². The molecule has 2 rings (SSSR count). The molecule has 3 nitrogen and oxygen atoms in total. The Morgan fingerprint density at radius 3 is 2.87 bits per heavy atom. The maximum atomic E-state index is 12.7. The second kappa shape index (κ2) is 3.73. The zero-order chi connectivity index (χ0) is 11.0. The van der Waals surface area contributed by atoms with Crippen LogP contribution < -0.4 is 11.3 Å². The predicted octanol–water partition coefficient (Wildman–Crippen LogP) is 1.58. The number of alkyl halides is 2. The van der Waals surface area contributed by atoms with Crippen molar-refractivity contribution in [2.24, 2.45) is 5.73 Å². The van der Waals surface area contributed by atoms with Gasteiger partial charge in [-0.15, -0.1) is 0 Å². The number of fused-ring (bicyclic) bond motifs is 1. The summed E-state index contributed by atoms with van der Waals surface area (Å²) in [7, 11) is 0. The van der Waals surface area contributed by atoms with Crippen molar-refractivity contribution >= 4 is 0 Å². The number of rotatable bonds is 1. The van der Waals surface area contributed by atoms with Gasteiger partial charge in [0.1, 0.15) is 0 Å². The van der Waals surface area contributed by atoms with E-state index in [1.807, 2.05) is 0 Å². The lowest BCUT2D eigenvalue weighted by molar-refractivity contribution is 0.0621. The van der Waals surface area contributed by atoms with Crippen LogP contribution >= 0.6 is 0 Å². The highest BCUT2D eigenvalue weighted by Crippen LogP contribution is 2.28. The summed E-state index contributed by atoms with van der Waals surface area (Å²) in [6.07, 6.45) is 2.04. The topological polar surface area (TPSA) is 48.0 Å². The average Bonchev–Trinajstić information content (AvgIpc) is 2.17. The highest BCUT2D eigenvalue weighted by atomic mass is 19.3. The predicted molar refractivity (Wildman–Crippen MR) is 51.8 cm³/mol. The first-order valence-corrected chi connectivity index (χ1v) is 4.89. The van der Waals surface area contributed by atoms with Gasteiger partial charge in [0.15, 0.2) is 0 Å². The zero-order valence-corrected chi connectivity index (χ0v) is 8.12. The van der Waals surface area contributed by atoms with E-state index in [0.29, 0.717) is 22.2 Å². The minimum Gasteiger partial charge on any atom is -0.324 e. The maximum Gasteiger partial charge on any atom is 0.321 e. The number of pyridine rings is 1. The van der Waals surface area contributed by atoms with Crippen molar-refractivity contribution in [1.82, 2.24) is 4.57 Å². The van der Waals surface area contributed by atoms with Crippen molar-refractivity contribution in [2.75, 3.05) is 0 Å². The highest BCUT2D eigenvalue weighted by molar-refractivity contribution is 5.27. The molecule has 0 saturated carbocycles. The van der Waals surface area contributed by atoms with E-state index in [4.69, 9.17) is 5.73 Å². The summed E-state index contributed by atoms with van der Waals surface area (Å²) >= 11 is 0. The van der Waals surface area contributed by atoms with E-state index in [2.05, 4.69) is 0 Å². The Morgan fingerprint density at radius 2 is 2.20 bits per heavy atom. The van der Waals surface area contributed by atoms with Crippen LogP contribution in [0.5, 0.6) is 0 Å². The fourth-order valence-corrected chi connectivity index (χ4v) is 2.07. The first kappa shape index (κ1) is 10.3. The fraction of sp³-hybridized carbons (Fsp3) is 0.500. The molecule has 0 radical (unpaired) electrons. The van der Waals surface area contributed by atoms with Gasteiger partial charge in [-0.1, -0.05) is 6.07 Å². The van der Waals surface area contributed by atoms with Crippen molar-refractivity contribution < 1.29 is 8.78 Å². The monoisotopic (exact) mass is 214 g/mol. The zero-order valence-electron chi connectivity index (χ0n) is 8.12. The van der Waals surface area contributed by atoms with Crippen LogP contribution in [0.2, 0.25) is 0 Å². The fourth-order valence-electron chi connectivity index (χ4n) is 2.07. The molecule has 82 valence electrons. The van der Waals surface area contributed by atoms with Crippen molar-refractivity contribution in [3.63, 3.8) is 0 Å². The van der Waals surface area contributed by atoms with E-state index in [9.17, 15) is 13.6 Å². The molecule has 1 heterocycles. The van der Waals surface area contributed by atoms with Crippen LogP contribution in [0.4, 0.5) is 8.78 Å². The largest absolute Gasteiger partial charge is 0.324 e. The van der Waals surface area contributed by atoms with Crippen LogP contribution in [0.3, 0.4) is 0 Å². The molecule has 1 atom stereocenters. The molecule has 1 aliphatic carbocycles. The third-order valence-corrected chi connectivity index (χ3v) is 2.79. The molecule has 0 spiro atoms. The van der Waals surface area contributed by atoms with Gasteiger partial charge >= 0.3 is 6.55 Å². The summed E-state index contributed by atoms with van der Waals surface area (Å²) in [6.45, 7) is -2.78. The summed E-state index contributed by atoms with van der Waals surface area (Å²) in [5.41, 5.74) is 6.23. The molecule has 0 unspecified atom stereocenters. The summed E-state index contributed by atoms with van der Waals surface area (Å²) in [5.74, 6) is 0. The number of halogens is 2. The Labute approximate surface area is 85.5 Å². The lowest BCUT2D eigenvalue weighted by Gasteiger charge is -2.24. The summed E-state index contributed by atoms with van der Waals surface area (Å²) in [5, 5.41) is 0. The minimum absolute atomic E-state index is 0.223. The smallest absolute Gasteiger partial charge is 0.321 e. The molecule has 0 saturated heterocycles. The van der Waals surface area contributed by atoms with Crippen LogP contribution in [-0.2, 0) is 6.42 Å². The quantitative estimate of drug-likeness (QED) is 0.771. The van der Waals surface area contributed by atoms with Crippen LogP contribution in [-0.4, -0.2) is 4.57 Å². The van der Waals surface area contributed by atoms with Gasteiger partial charge in [-0.2, -0.15) is 8.78 Å². The Hall–Kier alpha value is -1.23. The normalized spacial score (nSPS) is 20.4. The standard InChI is InChI=1S/C10H12F2N2O/c11-10(12)14-8-3-1-2-7(13)6(8)4-5-9(14)15/h4-5,7,10H,1-3,13H2/t7-/m0/s1. The molecular weight excluding hydrogens is 202 g/mol. The molecule has 1 aromatic heterocycles. The van der Waals surface area contributed by atoms with Gasteiger partial charge in [0.2, 0.25) is 0 Å². The van der Waals surface area contributed by atoms with E-state index in [1.54, 1.807) is 6.07 Å². The van der Waals surface area contributed by atoms with Gasteiger partial charge in [0.05, 0.1) is 0 Å². The lowest BCUT2D eigenvalue weighted by Crippen LogP contribution is -2.29. The van der Waals surface area contributed by atoms with E-state index >= 15 is 0 Å². The second-order valence-electron chi connectivity index (χ2n) is 3.72. The van der Waals surface area contributed by atoms with E-state index in [0.717, 1.165) is 18.9 Å². The minimum atomic E-state index is -2.78. The Kier molecular flexibility index (Phi) is 2.56. The average molecular weight is 214 g/mol. The van der Waals surface area contributed by atoms with E-state index in [-0.39, 0.29) is 6.04 Å². The first-order chi connectivity index (χ1) is 7.11. The van der Waals surface area contributed by atoms with Gasteiger partial charge in [-0.25, -0.2) is 0 Å². The van der Waals surface area contributed by atoms with Crippen molar-refractivity contribution in [3.8, 4) is 0 Å². The SMILES string of the molecule is N[C@H]1CCCc2c1ccc(=O)n2C(F)F. The van der Waals surface area contributed by atoms with Crippen molar-refractivity contribution in [2.45, 2.75) is 31.9 Å². The van der Waals surface area contributed by atoms with Gasteiger partial charge in [-0.3, -0.25) is 9.36 Å². The van der Waals surface area contributed by atoms with E-state index in [1.165, 1.54) is 0 Å². The molecular formula is C10H12F2N2O. The summed E-state index contributed by atoms with van der Waals surface area (Å²) < 4.78 is 25.9. The lowest BCUT2D eigenvalue weighted by atomic mass is 9.92. The van der Waals surface area contributed by atoms with Crippen LogP contribution in [0, 0.1) is 0 Å². The molecule has 5 heteroatoms. The Bertz CT molecular complexity index is 428. The second-order valence-corrected chi connectivity index (χ2v) is 3.72. The van der Waals surface area contributed by atoms with Crippen LogP contribution in [0.15, 0.2) is 16.9 Å². The molecule has 15 heavy (non-hydrogen) atoms. The summed E-state index contributed by atoms with van der Waals surface area (Å²) in [6, 6.07) is 2.51. The highest BCUT2D eigenvalue weighted by Gasteiger charge is 2.23. The molecule has 2 N–H and O–H groups in total. The van der Waals surface area contributed by atoms with Gasteiger partial charge in [0.25, 0.3) is 5.56 Å². The molecule has 0 amide bonds. The molecule has 1 aromatic rings. The molecule has 1 aliphatic rings. The Morgan fingerprint density at radius 1 is 1.47 bits per heavy atom. The molecule has 0 bridgehead atoms. The van der Waals surface area contributed by atoms with Crippen molar-refractivity contribution in [3.05, 3.63) is 33.7 Å². The summed E-state index contributed by atoms with van der Waals surface area (Å²) in [4.78, 5) is 11.3. The maximum absolute atomic E-state index is 12.7. The van der Waals surface area contributed by atoms with Crippen LogP contribution in [0.25, 0.3) is 0 Å². The Balaban J connectivity index is 2.63. The van der Waals surface area contributed by atoms with Crippen LogP contribution in [0.1, 0.15) is 36.7 Å². The molecule has 0 fully saturated rings. The third kappa shape index (κ3) is 1.67. The number of nitrogens with two attached hydrogens (primary N) is 1. The van der Waals surface area contributed by atoms with Gasteiger partial charge in [-0.05, 0) is 24.8 Å². The van der Waals surface area contributed by atoms with E-state index < -0.39 is 12.1 Å².